The molecule has 6 nitrogen and oxygen atoms in total. The number of carbonyl (C=O) groups excluding carboxylic acids is 1. The first-order valence-corrected chi connectivity index (χ1v) is 11.6. The van der Waals surface area contributed by atoms with Crippen molar-refractivity contribution in [1.82, 2.24) is 5.43 Å². The van der Waals surface area contributed by atoms with Gasteiger partial charge < -0.3 is 4.18 Å². The number of rotatable bonds is 7. The molecule has 1 saturated carbocycles. The van der Waals surface area contributed by atoms with Gasteiger partial charge in [0.1, 0.15) is 4.90 Å². The third-order valence-electron chi connectivity index (χ3n) is 5.18. The van der Waals surface area contributed by atoms with Crippen LogP contribution >= 0.6 is 0 Å². The number of hydrogen-bond acceptors (Lipinski definition) is 5. The van der Waals surface area contributed by atoms with E-state index in [2.05, 4.69) is 10.5 Å². The Bertz CT molecular complexity index is 1060. The molecule has 1 aliphatic rings. The molecule has 1 aliphatic carbocycles. The second kappa shape index (κ2) is 10.2. The molecule has 0 aliphatic heterocycles. The average molecular weight is 468 g/mol. The summed E-state index contributed by atoms with van der Waals surface area (Å²) in [5.74, 6) is 0.0602. The summed E-state index contributed by atoms with van der Waals surface area (Å²) < 4.78 is 68.2. The summed E-state index contributed by atoms with van der Waals surface area (Å²) in [6.07, 6.45) is 2.56. The van der Waals surface area contributed by atoms with E-state index in [0.29, 0.717) is 24.5 Å². The number of para-hydroxylation sites is 1. The van der Waals surface area contributed by atoms with Crippen LogP contribution < -0.4 is 9.61 Å². The van der Waals surface area contributed by atoms with Crippen LogP contribution in [0.2, 0.25) is 0 Å². The fraction of sp³-hybridized carbons (Fsp3) is 0.364. The zero-order valence-corrected chi connectivity index (χ0v) is 18.0. The van der Waals surface area contributed by atoms with E-state index in [9.17, 15) is 26.4 Å². The van der Waals surface area contributed by atoms with E-state index < -0.39 is 26.8 Å². The van der Waals surface area contributed by atoms with Gasteiger partial charge in [-0.1, -0.05) is 31.4 Å². The summed E-state index contributed by atoms with van der Waals surface area (Å²) in [5, 5.41) is 3.88. The number of nitrogens with one attached hydrogen (secondary N) is 1. The van der Waals surface area contributed by atoms with Crippen molar-refractivity contribution >= 4 is 22.2 Å². The lowest BCUT2D eigenvalue weighted by atomic mass is 9.87. The van der Waals surface area contributed by atoms with Gasteiger partial charge in [0.05, 0.1) is 11.8 Å². The van der Waals surface area contributed by atoms with Crippen molar-refractivity contribution in [3.8, 4) is 5.75 Å². The smallest absolute Gasteiger partial charge is 0.378 e. The molecular formula is C22H23F3N2O4S. The third kappa shape index (κ3) is 6.56. The fourth-order valence-electron chi connectivity index (χ4n) is 3.51. The fourth-order valence-corrected chi connectivity index (χ4v) is 4.47. The van der Waals surface area contributed by atoms with Gasteiger partial charge in [-0.05, 0) is 55.2 Å². The summed E-state index contributed by atoms with van der Waals surface area (Å²) in [6, 6.07) is 9.10. The molecule has 1 fully saturated rings. The molecule has 0 bridgehead atoms. The molecule has 2 aromatic rings. The number of hydrazone groups is 1. The molecule has 10 heteroatoms. The Hall–Kier alpha value is -2.88. The van der Waals surface area contributed by atoms with Crippen LogP contribution in [0.15, 0.2) is 58.5 Å². The lowest BCUT2D eigenvalue weighted by molar-refractivity contribution is -0.137. The van der Waals surface area contributed by atoms with Crippen molar-refractivity contribution in [2.45, 2.75) is 49.6 Å². The molecule has 0 aromatic heterocycles. The van der Waals surface area contributed by atoms with Crippen LogP contribution in [0.5, 0.6) is 5.75 Å². The third-order valence-corrected chi connectivity index (χ3v) is 6.43. The molecule has 0 atom stereocenters. The summed E-state index contributed by atoms with van der Waals surface area (Å²) in [4.78, 5) is 11.6. The molecule has 1 N–H and O–H groups in total. The molecule has 0 radical (unpaired) electrons. The minimum absolute atomic E-state index is 0.0716. The van der Waals surface area contributed by atoms with Crippen molar-refractivity contribution in [3.05, 3.63) is 59.7 Å². The van der Waals surface area contributed by atoms with Crippen molar-refractivity contribution in [3.63, 3.8) is 0 Å². The highest BCUT2D eigenvalue weighted by atomic mass is 32.2. The molecule has 2 aromatic carbocycles. The summed E-state index contributed by atoms with van der Waals surface area (Å²) >= 11 is 0. The molecule has 0 spiro atoms. The maximum absolute atomic E-state index is 12.7. The highest BCUT2D eigenvalue weighted by Gasteiger charge is 2.31. The van der Waals surface area contributed by atoms with Gasteiger partial charge >= 0.3 is 16.3 Å². The number of hydrogen-bond donors (Lipinski definition) is 1. The van der Waals surface area contributed by atoms with Gasteiger partial charge in [0.25, 0.3) is 0 Å². The molecule has 0 unspecified atom stereocenters. The van der Waals surface area contributed by atoms with Crippen LogP contribution in [0.3, 0.4) is 0 Å². The predicted molar refractivity (Wildman–Crippen MR) is 113 cm³/mol. The predicted octanol–water partition coefficient (Wildman–Crippen LogP) is 4.89. The van der Waals surface area contributed by atoms with E-state index in [1.807, 2.05) is 0 Å². The molecule has 32 heavy (non-hydrogen) atoms. The Balaban J connectivity index is 1.66. The highest BCUT2D eigenvalue weighted by molar-refractivity contribution is 7.87. The van der Waals surface area contributed by atoms with Crippen LogP contribution in [-0.2, 0) is 21.1 Å². The Morgan fingerprint density at radius 3 is 2.38 bits per heavy atom. The monoisotopic (exact) mass is 468 g/mol. The first-order valence-electron chi connectivity index (χ1n) is 10.2. The number of nitrogens with zero attached hydrogens (tertiary/aromatic N) is 1. The zero-order chi connectivity index (χ0) is 23.2. The van der Waals surface area contributed by atoms with Gasteiger partial charge in [-0.25, -0.2) is 5.43 Å². The molecular weight excluding hydrogens is 445 g/mol. The van der Waals surface area contributed by atoms with Crippen LogP contribution in [0.25, 0.3) is 0 Å². The van der Waals surface area contributed by atoms with E-state index in [-0.39, 0.29) is 17.2 Å². The van der Waals surface area contributed by atoms with Gasteiger partial charge in [0, 0.05) is 12.0 Å². The van der Waals surface area contributed by atoms with Crippen LogP contribution in [0.1, 0.15) is 49.7 Å². The van der Waals surface area contributed by atoms with Gasteiger partial charge in [0.15, 0.2) is 5.75 Å². The first kappa shape index (κ1) is 23.8. The normalized spacial score (nSPS) is 15.6. The van der Waals surface area contributed by atoms with Crippen LogP contribution in [0.4, 0.5) is 13.2 Å². The quantitative estimate of drug-likeness (QED) is 0.356. The van der Waals surface area contributed by atoms with E-state index in [4.69, 9.17) is 4.18 Å². The second-order valence-electron chi connectivity index (χ2n) is 7.60. The lowest BCUT2D eigenvalue weighted by Crippen LogP contribution is -2.22. The SMILES string of the molecule is O=C(CC1CCCCC1)NN=Cc1ccccc1OS(=O)(=O)c1ccc(C(F)(F)F)cc1. The molecule has 0 saturated heterocycles. The van der Waals surface area contributed by atoms with Gasteiger partial charge in [-0.2, -0.15) is 26.7 Å². The average Bonchev–Trinajstić information content (AvgIpc) is 2.75. The Kier molecular flexibility index (Phi) is 7.55. The number of carbonyl (C=O) groups is 1. The lowest BCUT2D eigenvalue weighted by Gasteiger charge is -2.20. The number of alkyl halides is 3. The van der Waals surface area contributed by atoms with E-state index >= 15 is 0 Å². The summed E-state index contributed by atoms with van der Waals surface area (Å²) in [6.45, 7) is 0. The van der Waals surface area contributed by atoms with E-state index in [0.717, 1.165) is 37.8 Å². The summed E-state index contributed by atoms with van der Waals surface area (Å²) in [5.41, 5.74) is 1.75. The maximum atomic E-state index is 12.7. The number of amides is 1. The Labute approximate surface area is 184 Å². The molecule has 172 valence electrons. The first-order chi connectivity index (χ1) is 15.1. The highest BCUT2D eigenvalue weighted by Crippen LogP contribution is 2.30. The number of halogens is 3. The number of benzene rings is 2. The molecule has 0 heterocycles. The molecule has 3 rings (SSSR count). The summed E-state index contributed by atoms with van der Waals surface area (Å²) in [7, 11) is -4.38. The standard InChI is InChI=1S/C22H23F3N2O4S/c23-22(24,25)18-10-12-19(13-11-18)32(29,30)31-20-9-5-4-8-17(20)15-26-27-21(28)14-16-6-2-1-3-7-16/h4-5,8-13,15-16H,1-3,6-7,14H2,(H,27,28). The maximum Gasteiger partial charge on any atom is 0.416 e. The topological polar surface area (TPSA) is 84.8 Å². The second-order valence-corrected chi connectivity index (χ2v) is 9.15. The van der Waals surface area contributed by atoms with Crippen LogP contribution in [-0.4, -0.2) is 20.5 Å². The van der Waals surface area contributed by atoms with Crippen molar-refractivity contribution in [1.29, 1.82) is 0 Å². The zero-order valence-electron chi connectivity index (χ0n) is 17.1. The Morgan fingerprint density at radius 1 is 1.06 bits per heavy atom. The van der Waals surface area contributed by atoms with Crippen molar-refractivity contribution < 1.29 is 30.6 Å². The minimum atomic E-state index is -4.58. The van der Waals surface area contributed by atoms with Gasteiger partial charge in [-0.15, -0.1) is 0 Å². The van der Waals surface area contributed by atoms with Crippen molar-refractivity contribution in [2.75, 3.05) is 0 Å². The van der Waals surface area contributed by atoms with E-state index in [1.54, 1.807) is 6.07 Å². The van der Waals surface area contributed by atoms with Gasteiger partial charge in [0.2, 0.25) is 5.91 Å². The Morgan fingerprint density at radius 2 is 1.72 bits per heavy atom. The molecule has 1 amide bonds. The largest absolute Gasteiger partial charge is 0.416 e. The van der Waals surface area contributed by atoms with Gasteiger partial charge in [-0.3, -0.25) is 4.79 Å². The van der Waals surface area contributed by atoms with E-state index in [1.165, 1.54) is 30.8 Å². The van der Waals surface area contributed by atoms with Crippen molar-refractivity contribution in [2.24, 2.45) is 11.0 Å². The van der Waals surface area contributed by atoms with Crippen LogP contribution in [0, 0.1) is 5.92 Å². The minimum Gasteiger partial charge on any atom is -0.378 e.